The molecule has 1 unspecified atom stereocenters. The topological polar surface area (TPSA) is 120 Å². The van der Waals surface area contributed by atoms with Crippen LogP contribution in [0.3, 0.4) is 0 Å². The monoisotopic (exact) mass is 460 g/mol. The van der Waals surface area contributed by atoms with Gasteiger partial charge < -0.3 is 15.6 Å². The van der Waals surface area contributed by atoms with Gasteiger partial charge in [0.1, 0.15) is 24.3 Å². The molecule has 1 aliphatic rings. The van der Waals surface area contributed by atoms with E-state index in [2.05, 4.69) is 13.8 Å². The number of rotatable bonds is 9. The summed E-state index contributed by atoms with van der Waals surface area (Å²) in [6, 6.07) is 14.0. The summed E-state index contributed by atoms with van der Waals surface area (Å²) in [5, 5.41) is 17.8. The van der Waals surface area contributed by atoms with Crippen LogP contribution in [-0.2, 0) is 10.0 Å². The van der Waals surface area contributed by atoms with Crippen LogP contribution in [0.2, 0.25) is 0 Å². The van der Waals surface area contributed by atoms with Gasteiger partial charge in [0.05, 0.1) is 4.90 Å². The molecule has 0 bridgehead atoms. The average Bonchev–Trinajstić information content (AvgIpc) is 2.78. The molecule has 4 N–H and O–H groups in total. The molecule has 0 aliphatic carbocycles. The molecule has 1 atom stereocenters. The van der Waals surface area contributed by atoms with Gasteiger partial charge in [0.2, 0.25) is 10.0 Å². The Hall–Kier alpha value is -2.46. The number of ether oxygens (including phenoxy) is 1. The fourth-order valence-electron chi connectivity index (χ4n) is 3.62. The van der Waals surface area contributed by atoms with Crippen LogP contribution in [0.25, 0.3) is 0 Å². The third kappa shape index (κ3) is 6.07. The minimum Gasteiger partial charge on any atom is -0.491 e. The first-order chi connectivity index (χ1) is 15.2. The van der Waals surface area contributed by atoms with Crippen LogP contribution in [0.4, 0.5) is 0 Å². The van der Waals surface area contributed by atoms with E-state index in [1.54, 1.807) is 36.4 Å². The number of sulfonamides is 1. The average molecular weight is 461 g/mol. The van der Waals surface area contributed by atoms with E-state index in [4.69, 9.17) is 15.9 Å². The molecule has 1 fully saturated rings. The quantitative estimate of drug-likeness (QED) is 0.388. The second kappa shape index (κ2) is 10.4. The molecular formula is C23H32N4O4S. The maximum Gasteiger partial charge on any atom is 0.243 e. The number of benzene rings is 2. The molecule has 2 aromatic rings. The van der Waals surface area contributed by atoms with Crippen molar-refractivity contribution < 1.29 is 18.3 Å². The van der Waals surface area contributed by atoms with Gasteiger partial charge in [-0.1, -0.05) is 38.1 Å². The molecule has 9 heteroatoms. The van der Waals surface area contributed by atoms with Gasteiger partial charge in [-0.15, -0.1) is 0 Å². The van der Waals surface area contributed by atoms with E-state index < -0.39 is 16.1 Å². The van der Waals surface area contributed by atoms with E-state index in [1.807, 2.05) is 17.0 Å². The molecule has 8 nitrogen and oxygen atoms in total. The Balaban J connectivity index is 1.48. The van der Waals surface area contributed by atoms with Crippen LogP contribution < -0.4 is 10.5 Å². The summed E-state index contributed by atoms with van der Waals surface area (Å²) in [4.78, 5) is 2.35. The summed E-state index contributed by atoms with van der Waals surface area (Å²) in [7, 11) is -3.52. The molecule has 0 aromatic heterocycles. The van der Waals surface area contributed by atoms with E-state index in [0.29, 0.717) is 54.9 Å². The number of hydrogen-bond donors (Lipinski definition) is 3. The lowest BCUT2D eigenvalue weighted by atomic mass is 10.0. The maximum absolute atomic E-state index is 12.9. The second-order valence-electron chi connectivity index (χ2n) is 8.33. The predicted molar refractivity (Wildman–Crippen MR) is 125 cm³/mol. The zero-order valence-corrected chi connectivity index (χ0v) is 19.4. The Kier molecular flexibility index (Phi) is 7.89. The van der Waals surface area contributed by atoms with Crippen molar-refractivity contribution in [3.05, 3.63) is 59.7 Å². The van der Waals surface area contributed by atoms with Crippen molar-refractivity contribution in [2.45, 2.75) is 30.8 Å². The highest BCUT2D eigenvalue weighted by molar-refractivity contribution is 7.89. The van der Waals surface area contributed by atoms with Gasteiger partial charge >= 0.3 is 0 Å². The predicted octanol–water partition coefficient (Wildman–Crippen LogP) is 1.84. The highest BCUT2D eigenvalue weighted by atomic mass is 32.2. The van der Waals surface area contributed by atoms with E-state index in [0.717, 1.165) is 5.56 Å². The normalized spacial score (nSPS) is 16.8. The molecule has 0 saturated carbocycles. The second-order valence-corrected chi connectivity index (χ2v) is 10.3. The van der Waals surface area contributed by atoms with Gasteiger partial charge in [-0.2, -0.15) is 4.31 Å². The zero-order chi connectivity index (χ0) is 23.3. The first kappa shape index (κ1) is 24.2. The number of hydrogen-bond acceptors (Lipinski definition) is 6. The van der Waals surface area contributed by atoms with Crippen molar-refractivity contribution >= 4 is 15.9 Å². The van der Waals surface area contributed by atoms with E-state index in [-0.39, 0.29) is 12.4 Å². The fourth-order valence-corrected chi connectivity index (χ4v) is 5.04. The lowest BCUT2D eigenvalue weighted by Crippen LogP contribution is -2.50. The lowest BCUT2D eigenvalue weighted by molar-refractivity contribution is 0.0569. The highest BCUT2D eigenvalue weighted by Gasteiger charge is 2.29. The fraction of sp³-hybridized carbons (Fsp3) is 0.435. The number of amidine groups is 1. The zero-order valence-electron chi connectivity index (χ0n) is 18.6. The van der Waals surface area contributed by atoms with Crippen molar-refractivity contribution in [3.63, 3.8) is 0 Å². The van der Waals surface area contributed by atoms with Gasteiger partial charge in [0.25, 0.3) is 0 Å². The summed E-state index contributed by atoms with van der Waals surface area (Å²) < 4.78 is 33.0. The molecular weight excluding hydrogens is 428 g/mol. The van der Waals surface area contributed by atoms with Gasteiger partial charge in [0, 0.05) is 38.3 Å². The number of β-amino-alcohol motifs (C(OH)–C–C–N with tert-alkyl or cyclic N) is 1. The van der Waals surface area contributed by atoms with Crippen LogP contribution in [0.5, 0.6) is 5.75 Å². The number of piperazine rings is 1. The Morgan fingerprint density at radius 1 is 1.12 bits per heavy atom. The summed E-state index contributed by atoms with van der Waals surface area (Å²) in [6.45, 7) is 6.48. The minimum absolute atomic E-state index is 0.0420. The molecule has 0 spiro atoms. The standard InChI is InChI=1S/C23H32N4O4S/c1-17(2)18-6-8-22(9-7-18)32(29,30)27-12-10-26(11-13-27)15-20(28)16-31-21-5-3-4-19(14-21)23(24)25/h3-9,14,17,20,28H,10-13,15-16H2,1-2H3,(H3,24,25). The summed E-state index contributed by atoms with van der Waals surface area (Å²) in [6.07, 6.45) is -0.720. The number of aliphatic hydroxyl groups excluding tert-OH is 1. The number of nitrogens with one attached hydrogen (secondary N) is 1. The molecule has 1 saturated heterocycles. The van der Waals surface area contributed by atoms with Gasteiger partial charge in [0.15, 0.2) is 0 Å². The molecule has 32 heavy (non-hydrogen) atoms. The van der Waals surface area contributed by atoms with Crippen LogP contribution in [0, 0.1) is 5.41 Å². The molecule has 0 amide bonds. The Morgan fingerprint density at radius 2 is 1.78 bits per heavy atom. The lowest BCUT2D eigenvalue weighted by Gasteiger charge is -2.34. The highest BCUT2D eigenvalue weighted by Crippen LogP contribution is 2.21. The van der Waals surface area contributed by atoms with Gasteiger partial charge in [-0.3, -0.25) is 10.3 Å². The van der Waals surface area contributed by atoms with Crippen molar-refractivity contribution in [1.82, 2.24) is 9.21 Å². The van der Waals surface area contributed by atoms with Crippen LogP contribution in [-0.4, -0.2) is 74.0 Å². The first-order valence-corrected chi connectivity index (χ1v) is 12.2. The van der Waals surface area contributed by atoms with Crippen molar-refractivity contribution in [2.24, 2.45) is 5.73 Å². The smallest absolute Gasteiger partial charge is 0.243 e. The van der Waals surface area contributed by atoms with Crippen LogP contribution in [0.1, 0.15) is 30.9 Å². The molecule has 3 rings (SSSR count). The molecule has 2 aromatic carbocycles. The third-order valence-corrected chi connectivity index (χ3v) is 7.49. The van der Waals surface area contributed by atoms with E-state index in [9.17, 15) is 13.5 Å². The Bertz CT molecular complexity index is 1020. The molecule has 174 valence electrons. The molecule has 1 aliphatic heterocycles. The summed E-state index contributed by atoms with van der Waals surface area (Å²) >= 11 is 0. The van der Waals surface area contributed by atoms with Gasteiger partial charge in [-0.25, -0.2) is 8.42 Å². The number of nitrogens with two attached hydrogens (primary N) is 1. The molecule has 1 heterocycles. The third-order valence-electron chi connectivity index (χ3n) is 5.57. The van der Waals surface area contributed by atoms with Crippen LogP contribution >= 0.6 is 0 Å². The van der Waals surface area contributed by atoms with E-state index >= 15 is 0 Å². The maximum atomic E-state index is 12.9. The number of aliphatic hydroxyl groups is 1. The van der Waals surface area contributed by atoms with Crippen molar-refractivity contribution in [1.29, 1.82) is 5.41 Å². The number of nitrogens with zero attached hydrogens (tertiary/aromatic N) is 2. The van der Waals surface area contributed by atoms with Crippen molar-refractivity contribution in [2.75, 3.05) is 39.3 Å². The Morgan fingerprint density at radius 3 is 2.38 bits per heavy atom. The van der Waals surface area contributed by atoms with Crippen molar-refractivity contribution in [3.8, 4) is 5.75 Å². The first-order valence-electron chi connectivity index (χ1n) is 10.7. The van der Waals surface area contributed by atoms with Crippen LogP contribution in [0.15, 0.2) is 53.4 Å². The molecule has 0 radical (unpaired) electrons. The Labute approximate surface area is 190 Å². The largest absolute Gasteiger partial charge is 0.491 e. The SMILES string of the molecule is CC(C)c1ccc(S(=O)(=O)N2CCN(CC(O)COc3cccc(C(=N)N)c3)CC2)cc1. The number of nitrogen functional groups attached to an aromatic ring is 1. The summed E-state index contributed by atoms with van der Waals surface area (Å²) in [5.74, 6) is 0.847. The minimum atomic E-state index is -3.52. The summed E-state index contributed by atoms with van der Waals surface area (Å²) in [5.41, 5.74) is 7.16. The van der Waals surface area contributed by atoms with E-state index in [1.165, 1.54) is 4.31 Å². The van der Waals surface area contributed by atoms with Gasteiger partial charge in [-0.05, 0) is 35.7 Å².